The molecule has 27 heavy (non-hydrogen) atoms. The Bertz CT molecular complexity index is 842. The Morgan fingerprint density at radius 1 is 1.15 bits per heavy atom. The molecule has 0 aliphatic rings. The molecule has 2 amide bonds. The maximum atomic E-state index is 12.2. The van der Waals surface area contributed by atoms with Crippen molar-refractivity contribution in [3.05, 3.63) is 52.0 Å². The minimum Gasteiger partial charge on any atom is -0.495 e. The first-order valence-corrected chi connectivity index (χ1v) is 8.82. The average Bonchev–Trinajstić information content (AvgIpc) is 2.62. The molecule has 0 atom stereocenters. The summed E-state index contributed by atoms with van der Waals surface area (Å²) in [4.78, 5) is 25.7. The number of methoxy groups -OCH3 is 1. The average molecular weight is 411 g/mol. The molecule has 2 aromatic carbocycles. The van der Waals surface area contributed by atoms with E-state index in [0.29, 0.717) is 27.2 Å². The molecular weight excluding hydrogens is 391 g/mol. The zero-order valence-electron chi connectivity index (χ0n) is 15.2. The van der Waals surface area contributed by atoms with Crippen LogP contribution < -0.4 is 14.8 Å². The minimum atomic E-state index is -0.381. The summed E-state index contributed by atoms with van der Waals surface area (Å²) in [6.45, 7) is 1.51. The van der Waals surface area contributed by atoms with Gasteiger partial charge in [0.05, 0.1) is 19.3 Å². The van der Waals surface area contributed by atoms with Crippen molar-refractivity contribution in [3.8, 4) is 11.5 Å². The standard InChI is InChI=1S/C19H20Cl2N2O4/c1-12-8-14(5-6-15(12)21)27-11-19(25)23(2)10-18(24)22-16-9-13(20)4-7-17(16)26-3/h4-9H,10-11H2,1-3H3,(H,22,24). The molecule has 2 rings (SSSR count). The van der Waals surface area contributed by atoms with Crippen LogP contribution in [0.2, 0.25) is 10.0 Å². The first-order valence-electron chi connectivity index (χ1n) is 8.06. The number of hydrogen-bond acceptors (Lipinski definition) is 4. The van der Waals surface area contributed by atoms with Crippen LogP contribution in [0, 0.1) is 6.92 Å². The molecule has 0 saturated heterocycles. The zero-order valence-corrected chi connectivity index (χ0v) is 16.7. The highest BCUT2D eigenvalue weighted by atomic mass is 35.5. The van der Waals surface area contributed by atoms with Crippen LogP contribution in [-0.4, -0.2) is 44.0 Å². The molecule has 0 aliphatic carbocycles. The Labute approximate surface area is 168 Å². The number of nitrogens with one attached hydrogen (secondary N) is 1. The third-order valence-electron chi connectivity index (χ3n) is 3.73. The maximum Gasteiger partial charge on any atom is 0.260 e. The van der Waals surface area contributed by atoms with E-state index in [9.17, 15) is 9.59 Å². The van der Waals surface area contributed by atoms with Gasteiger partial charge in [0.2, 0.25) is 5.91 Å². The smallest absolute Gasteiger partial charge is 0.260 e. The van der Waals surface area contributed by atoms with E-state index in [1.165, 1.54) is 19.1 Å². The predicted octanol–water partition coefficient (Wildman–Crippen LogP) is 3.79. The van der Waals surface area contributed by atoms with Crippen LogP contribution in [0.25, 0.3) is 0 Å². The summed E-state index contributed by atoms with van der Waals surface area (Å²) in [7, 11) is 3.01. The van der Waals surface area contributed by atoms with Crippen LogP contribution >= 0.6 is 23.2 Å². The molecule has 2 aromatic rings. The molecule has 1 N–H and O–H groups in total. The first kappa shape index (κ1) is 20.9. The number of ether oxygens (including phenoxy) is 2. The number of carbonyl (C=O) groups excluding carboxylic acids is 2. The summed E-state index contributed by atoms with van der Waals surface area (Å²) in [5, 5.41) is 3.76. The molecule has 0 bridgehead atoms. The predicted molar refractivity (Wildman–Crippen MR) is 106 cm³/mol. The SMILES string of the molecule is COc1ccc(Cl)cc1NC(=O)CN(C)C(=O)COc1ccc(Cl)c(C)c1. The molecule has 144 valence electrons. The van der Waals surface area contributed by atoms with E-state index in [2.05, 4.69) is 5.32 Å². The number of amides is 2. The van der Waals surface area contributed by atoms with Gasteiger partial charge in [0.1, 0.15) is 11.5 Å². The van der Waals surface area contributed by atoms with Gasteiger partial charge in [0.15, 0.2) is 6.61 Å². The highest BCUT2D eigenvalue weighted by Crippen LogP contribution is 2.27. The highest BCUT2D eigenvalue weighted by molar-refractivity contribution is 6.31. The molecule has 6 nitrogen and oxygen atoms in total. The largest absolute Gasteiger partial charge is 0.495 e. The number of benzene rings is 2. The second kappa shape index (κ2) is 9.48. The van der Waals surface area contributed by atoms with Gasteiger partial charge in [-0.3, -0.25) is 9.59 Å². The van der Waals surface area contributed by atoms with Crippen molar-refractivity contribution < 1.29 is 19.1 Å². The van der Waals surface area contributed by atoms with Gasteiger partial charge in [-0.1, -0.05) is 23.2 Å². The summed E-state index contributed by atoms with van der Waals surface area (Å²) in [5.74, 6) is 0.291. The van der Waals surface area contributed by atoms with Gasteiger partial charge in [-0.2, -0.15) is 0 Å². The van der Waals surface area contributed by atoms with Crippen molar-refractivity contribution in [2.24, 2.45) is 0 Å². The number of carbonyl (C=O) groups is 2. The Morgan fingerprint density at radius 3 is 2.56 bits per heavy atom. The third-order valence-corrected chi connectivity index (χ3v) is 4.39. The number of hydrogen-bond donors (Lipinski definition) is 1. The molecule has 0 aromatic heterocycles. The van der Waals surface area contributed by atoms with Crippen LogP contribution in [0.3, 0.4) is 0 Å². The van der Waals surface area contributed by atoms with E-state index in [-0.39, 0.29) is 25.0 Å². The summed E-state index contributed by atoms with van der Waals surface area (Å²) >= 11 is 11.9. The number of halogens is 2. The van der Waals surface area contributed by atoms with Gasteiger partial charge >= 0.3 is 0 Å². The fraction of sp³-hybridized carbons (Fsp3) is 0.263. The fourth-order valence-electron chi connectivity index (χ4n) is 2.23. The number of likely N-dealkylation sites (N-methyl/N-ethyl adjacent to an activating group) is 1. The van der Waals surface area contributed by atoms with Gasteiger partial charge in [0.25, 0.3) is 5.91 Å². The summed E-state index contributed by atoms with van der Waals surface area (Å²) < 4.78 is 10.6. The third kappa shape index (κ3) is 6.05. The van der Waals surface area contributed by atoms with Crippen LogP contribution in [0.15, 0.2) is 36.4 Å². The second-order valence-electron chi connectivity index (χ2n) is 5.84. The van der Waals surface area contributed by atoms with Crippen LogP contribution in [0.4, 0.5) is 5.69 Å². The zero-order chi connectivity index (χ0) is 20.0. The van der Waals surface area contributed by atoms with Crippen LogP contribution in [-0.2, 0) is 9.59 Å². The lowest BCUT2D eigenvalue weighted by Gasteiger charge is -2.18. The van der Waals surface area contributed by atoms with Gasteiger partial charge < -0.3 is 19.7 Å². The number of anilines is 1. The topological polar surface area (TPSA) is 67.9 Å². The lowest BCUT2D eigenvalue weighted by atomic mass is 10.2. The van der Waals surface area contributed by atoms with E-state index < -0.39 is 0 Å². The highest BCUT2D eigenvalue weighted by Gasteiger charge is 2.15. The van der Waals surface area contributed by atoms with Gasteiger partial charge in [-0.15, -0.1) is 0 Å². The molecule has 0 unspecified atom stereocenters. The van der Waals surface area contributed by atoms with E-state index in [4.69, 9.17) is 32.7 Å². The van der Waals surface area contributed by atoms with Gasteiger partial charge in [0, 0.05) is 17.1 Å². The maximum absolute atomic E-state index is 12.2. The quantitative estimate of drug-likeness (QED) is 0.753. The van der Waals surface area contributed by atoms with Crippen molar-refractivity contribution in [1.82, 2.24) is 4.90 Å². The molecule has 0 spiro atoms. The monoisotopic (exact) mass is 410 g/mol. The molecule has 0 radical (unpaired) electrons. The second-order valence-corrected chi connectivity index (χ2v) is 6.69. The van der Waals surface area contributed by atoms with Crippen molar-refractivity contribution in [1.29, 1.82) is 0 Å². The lowest BCUT2D eigenvalue weighted by molar-refractivity contribution is -0.135. The Balaban J connectivity index is 1.89. The lowest BCUT2D eigenvalue weighted by Crippen LogP contribution is -2.37. The normalized spacial score (nSPS) is 10.3. The summed E-state index contributed by atoms with van der Waals surface area (Å²) in [6, 6.07) is 10.0. The molecular formula is C19H20Cl2N2O4. The molecule has 0 fully saturated rings. The Morgan fingerprint density at radius 2 is 1.89 bits per heavy atom. The van der Waals surface area contributed by atoms with Crippen LogP contribution in [0.5, 0.6) is 11.5 Å². The molecule has 0 saturated carbocycles. The van der Waals surface area contributed by atoms with E-state index in [1.54, 1.807) is 36.4 Å². The van der Waals surface area contributed by atoms with Crippen molar-refractivity contribution in [3.63, 3.8) is 0 Å². The van der Waals surface area contributed by atoms with Gasteiger partial charge in [-0.25, -0.2) is 0 Å². The van der Waals surface area contributed by atoms with Gasteiger partial charge in [-0.05, 0) is 48.9 Å². The minimum absolute atomic E-state index is 0.141. The number of aryl methyl sites for hydroxylation is 1. The van der Waals surface area contributed by atoms with Crippen LogP contribution in [0.1, 0.15) is 5.56 Å². The fourth-order valence-corrected chi connectivity index (χ4v) is 2.52. The van der Waals surface area contributed by atoms with Crippen molar-refractivity contribution in [2.45, 2.75) is 6.92 Å². The summed E-state index contributed by atoms with van der Waals surface area (Å²) in [5.41, 5.74) is 1.29. The van der Waals surface area contributed by atoms with E-state index in [0.717, 1.165) is 5.56 Å². The molecule has 0 aliphatic heterocycles. The van der Waals surface area contributed by atoms with E-state index in [1.807, 2.05) is 6.92 Å². The molecule has 8 heteroatoms. The Hall–Kier alpha value is -2.44. The summed E-state index contributed by atoms with van der Waals surface area (Å²) in [6.07, 6.45) is 0. The van der Waals surface area contributed by atoms with Crippen molar-refractivity contribution >= 4 is 40.7 Å². The van der Waals surface area contributed by atoms with E-state index >= 15 is 0 Å². The number of rotatable bonds is 7. The van der Waals surface area contributed by atoms with Crippen molar-refractivity contribution in [2.75, 3.05) is 32.6 Å². The first-order chi connectivity index (χ1) is 12.8. The molecule has 0 heterocycles. The Kier molecular flexibility index (Phi) is 7.33. The number of nitrogens with zero attached hydrogens (tertiary/aromatic N) is 1.